The number of methoxy groups -OCH3 is 1. The highest BCUT2D eigenvalue weighted by atomic mass is 16.5. The minimum absolute atomic E-state index is 0.158. The zero-order chi connectivity index (χ0) is 13.7. The lowest BCUT2D eigenvalue weighted by molar-refractivity contribution is 0.157. The normalized spacial score (nSPS) is 11.7. The van der Waals surface area contributed by atoms with Crippen molar-refractivity contribution in [2.24, 2.45) is 5.41 Å². The average molecular weight is 259 g/mol. The lowest BCUT2D eigenvalue weighted by Gasteiger charge is -2.24. The highest BCUT2D eigenvalue weighted by Crippen LogP contribution is 2.20. The van der Waals surface area contributed by atoms with Crippen LogP contribution in [-0.2, 0) is 4.74 Å². The van der Waals surface area contributed by atoms with Crippen LogP contribution in [0.15, 0.2) is 30.5 Å². The summed E-state index contributed by atoms with van der Waals surface area (Å²) in [5.74, 6) is 0.684. The Bertz CT molecular complexity index is 540. The van der Waals surface area contributed by atoms with Gasteiger partial charge in [-0.05, 0) is 17.9 Å². The smallest absolute Gasteiger partial charge is 0.223 e. The van der Waals surface area contributed by atoms with Crippen molar-refractivity contribution < 1.29 is 4.74 Å². The van der Waals surface area contributed by atoms with Crippen molar-refractivity contribution in [3.05, 3.63) is 30.5 Å². The largest absolute Gasteiger partial charge is 0.385 e. The van der Waals surface area contributed by atoms with Crippen molar-refractivity contribution in [1.29, 1.82) is 0 Å². The third-order valence-electron chi connectivity index (χ3n) is 3.20. The lowest BCUT2D eigenvalue weighted by Crippen LogP contribution is -2.25. The third kappa shape index (κ3) is 3.89. The Labute approximate surface area is 114 Å². The summed E-state index contributed by atoms with van der Waals surface area (Å²) in [6.07, 6.45) is 2.86. The maximum absolute atomic E-state index is 5.13. The SMILES string of the molecule is COCCC(C)(C)CNc1ncc2ccccc2n1. The first-order chi connectivity index (χ1) is 9.11. The molecule has 0 amide bonds. The van der Waals surface area contributed by atoms with Crippen molar-refractivity contribution in [2.45, 2.75) is 20.3 Å². The van der Waals surface area contributed by atoms with E-state index in [1.54, 1.807) is 7.11 Å². The molecule has 19 heavy (non-hydrogen) atoms. The molecule has 0 radical (unpaired) electrons. The standard InChI is InChI=1S/C15H21N3O/c1-15(2,8-9-19-3)11-17-14-16-10-12-6-4-5-7-13(12)18-14/h4-7,10H,8-9,11H2,1-3H3,(H,16,17,18). The van der Waals surface area contributed by atoms with Crippen molar-refractivity contribution in [3.8, 4) is 0 Å². The van der Waals surface area contributed by atoms with E-state index in [-0.39, 0.29) is 5.41 Å². The second-order valence-corrected chi connectivity index (χ2v) is 5.51. The topological polar surface area (TPSA) is 47.0 Å². The highest BCUT2D eigenvalue weighted by molar-refractivity contribution is 5.78. The monoisotopic (exact) mass is 259 g/mol. The maximum Gasteiger partial charge on any atom is 0.223 e. The fourth-order valence-corrected chi connectivity index (χ4v) is 1.84. The van der Waals surface area contributed by atoms with Crippen LogP contribution in [0, 0.1) is 5.41 Å². The molecule has 1 N–H and O–H groups in total. The van der Waals surface area contributed by atoms with Crippen LogP contribution in [0.2, 0.25) is 0 Å². The molecule has 0 aliphatic rings. The van der Waals surface area contributed by atoms with E-state index in [0.717, 1.165) is 30.5 Å². The van der Waals surface area contributed by atoms with Crippen molar-refractivity contribution in [2.75, 3.05) is 25.6 Å². The summed E-state index contributed by atoms with van der Waals surface area (Å²) in [6.45, 7) is 6.02. The lowest BCUT2D eigenvalue weighted by atomic mass is 9.90. The molecule has 0 atom stereocenters. The van der Waals surface area contributed by atoms with Gasteiger partial charge < -0.3 is 10.1 Å². The van der Waals surface area contributed by atoms with Crippen LogP contribution in [0.1, 0.15) is 20.3 Å². The Morgan fingerprint density at radius 3 is 2.84 bits per heavy atom. The van der Waals surface area contributed by atoms with Gasteiger partial charge in [-0.15, -0.1) is 0 Å². The van der Waals surface area contributed by atoms with E-state index in [0.29, 0.717) is 5.95 Å². The van der Waals surface area contributed by atoms with Crippen molar-refractivity contribution >= 4 is 16.9 Å². The molecule has 0 aliphatic carbocycles. The van der Waals surface area contributed by atoms with Gasteiger partial charge in [-0.2, -0.15) is 0 Å². The van der Waals surface area contributed by atoms with E-state index >= 15 is 0 Å². The molecular formula is C15H21N3O. The summed E-state index contributed by atoms with van der Waals surface area (Å²) in [5, 5.41) is 4.37. The summed E-state index contributed by atoms with van der Waals surface area (Å²) < 4.78 is 5.13. The third-order valence-corrected chi connectivity index (χ3v) is 3.20. The van der Waals surface area contributed by atoms with Gasteiger partial charge in [-0.3, -0.25) is 0 Å². The first-order valence-electron chi connectivity index (χ1n) is 6.55. The summed E-state index contributed by atoms with van der Waals surface area (Å²) in [4.78, 5) is 8.84. The van der Waals surface area contributed by atoms with Gasteiger partial charge in [-0.25, -0.2) is 9.97 Å². The number of nitrogens with one attached hydrogen (secondary N) is 1. The quantitative estimate of drug-likeness (QED) is 0.866. The Hall–Kier alpha value is -1.68. The second kappa shape index (κ2) is 5.97. The molecule has 0 saturated heterocycles. The van der Waals surface area contributed by atoms with Crippen LogP contribution in [0.25, 0.3) is 10.9 Å². The summed E-state index contributed by atoms with van der Waals surface area (Å²) in [7, 11) is 1.73. The average Bonchev–Trinajstić information content (AvgIpc) is 2.43. The molecule has 0 saturated carbocycles. The van der Waals surface area contributed by atoms with Crippen molar-refractivity contribution in [3.63, 3.8) is 0 Å². The molecule has 4 heteroatoms. The number of benzene rings is 1. The fourth-order valence-electron chi connectivity index (χ4n) is 1.84. The second-order valence-electron chi connectivity index (χ2n) is 5.51. The number of anilines is 1. The van der Waals surface area contributed by atoms with Crippen LogP contribution < -0.4 is 5.32 Å². The van der Waals surface area contributed by atoms with Crippen molar-refractivity contribution in [1.82, 2.24) is 9.97 Å². The first-order valence-corrected chi connectivity index (χ1v) is 6.55. The van der Waals surface area contributed by atoms with Gasteiger partial charge in [0.05, 0.1) is 5.52 Å². The molecule has 1 aromatic carbocycles. The Balaban J connectivity index is 2.01. The van der Waals surface area contributed by atoms with Crippen LogP contribution in [0.5, 0.6) is 0 Å². The van der Waals surface area contributed by atoms with Gasteiger partial charge >= 0.3 is 0 Å². The van der Waals surface area contributed by atoms with Crippen LogP contribution in [0.3, 0.4) is 0 Å². The predicted molar refractivity (Wildman–Crippen MR) is 78.3 cm³/mol. The molecule has 0 unspecified atom stereocenters. The first kappa shape index (κ1) is 13.7. The number of para-hydroxylation sites is 1. The van der Waals surface area contributed by atoms with Gasteiger partial charge in [0.2, 0.25) is 5.95 Å². The molecule has 0 aliphatic heterocycles. The van der Waals surface area contributed by atoms with E-state index < -0.39 is 0 Å². The van der Waals surface area contributed by atoms with Gasteiger partial charge in [0.15, 0.2) is 0 Å². The highest BCUT2D eigenvalue weighted by Gasteiger charge is 2.17. The van der Waals surface area contributed by atoms with Gasteiger partial charge in [-0.1, -0.05) is 32.0 Å². The van der Waals surface area contributed by atoms with Gasteiger partial charge in [0.25, 0.3) is 0 Å². The zero-order valence-corrected chi connectivity index (χ0v) is 11.8. The summed E-state index contributed by atoms with van der Waals surface area (Å²) >= 11 is 0. The van der Waals surface area contributed by atoms with Gasteiger partial charge in [0, 0.05) is 31.8 Å². The number of nitrogens with zero attached hydrogens (tertiary/aromatic N) is 2. The van der Waals surface area contributed by atoms with E-state index in [1.807, 2.05) is 30.5 Å². The molecule has 2 rings (SSSR count). The Morgan fingerprint density at radius 1 is 1.26 bits per heavy atom. The molecule has 0 fully saturated rings. The van der Waals surface area contributed by atoms with Crippen LogP contribution in [-0.4, -0.2) is 30.2 Å². The summed E-state index contributed by atoms with van der Waals surface area (Å²) in [6, 6.07) is 7.99. The van der Waals surface area contributed by atoms with E-state index in [4.69, 9.17) is 4.74 Å². The van der Waals surface area contributed by atoms with E-state index in [2.05, 4.69) is 29.1 Å². The van der Waals surface area contributed by atoms with Gasteiger partial charge in [0.1, 0.15) is 0 Å². The van der Waals surface area contributed by atoms with E-state index in [9.17, 15) is 0 Å². The molecular weight excluding hydrogens is 238 g/mol. The zero-order valence-electron chi connectivity index (χ0n) is 11.8. The van der Waals surface area contributed by atoms with Crippen LogP contribution in [0.4, 0.5) is 5.95 Å². The predicted octanol–water partition coefficient (Wildman–Crippen LogP) is 3.10. The molecule has 102 valence electrons. The number of rotatable bonds is 6. The molecule has 0 bridgehead atoms. The fraction of sp³-hybridized carbons (Fsp3) is 0.467. The molecule has 2 aromatic rings. The minimum atomic E-state index is 0.158. The Kier molecular flexibility index (Phi) is 4.32. The Morgan fingerprint density at radius 2 is 2.05 bits per heavy atom. The molecule has 4 nitrogen and oxygen atoms in total. The summed E-state index contributed by atoms with van der Waals surface area (Å²) in [5.41, 5.74) is 1.13. The number of hydrogen-bond acceptors (Lipinski definition) is 4. The van der Waals surface area contributed by atoms with Crippen LogP contribution >= 0.6 is 0 Å². The maximum atomic E-state index is 5.13. The van der Waals surface area contributed by atoms with E-state index in [1.165, 1.54) is 0 Å². The number of ether oxygens (including phenoxy) is 1. The number of hydrogen-bond donors (Lipinski definition) is 1. The number of aromatic nitrogens is 2. The molecule has 1 heterocycles. The molecule has 1 aromatic heterocycles. The number of fused-ring (bicyclic) bond motifs is 1. The minimum Gasteiger partial charge on any atom is -0.385 e. The molecule has 0 spiro atoms.